The van der Waals surface area contributed by atoms with Gasteiger partial charge in [-0.1, -0.05) is 54.9 Å². The van der Waals surface area contributed by atoms with E-state index < -0.39 is 0 Å². The second kappa shape index (κ2) is 8.33. The number of halogens is 1. The largest absolute Gasteiger partial charge is 0.314 e. The van der Waals surface area contributed by atoms with Crippen LogP contribution in [0.15, 0.2) is 28.7 Å². The van der Waals surface area contributed by atoms with Crippen LogP contribution in [0.1, 0.15) is 52.0 Å². The molecule has 0 heterocycles. The van der Waals surface area contributed by atoms with Gasteiger partial charge in [0.1, 0.15) is 0 Å². The van der Waals surface area contributed by atoms with Gasteiger partial charge in [-0.25, -0.2) is 0 Å². The van der Waals surface area contributed by atoms with Gasteiger partial charge in [-0.15, -0.1) is 0 Å². The van der Waals surface area contributed by atoms with Crippen molar-refractivity contribution in [1.29, 1.82) is 0 Å². The molecule has 1 fully saturated rings. The van der Waals surface area contributed by atoms with Crippen molar-refractivity contribution in [3.05, 3.63) is 34.3 Å². The second-order valence-electron chi connectivity index (χ2n) is 6.93. The molecular formula is C19H30BrN. The summed E-state index contributed by atoms with van der Waals surface area (Å²) in [6.45, 7) is 8.19. The topological polar surface area (TPSA) is 12.0 Å². The summed E-state index contributed by atoms with van der Waals surface area (Å²) in [4.78, 5) is 0. The molecule has 0 radical (unpaired) electrons. The maximum Gasteiger partial charge on any atom is 0.0207 e. The summed E-state index contributed by atoms with van der Waals surface area (Å²) in [7, 11) is 0. The summed E-state index contributed by atoms with van der Waals surface area (Å²) in [5.41, 5.74) is 1.47. The molecule has 2 heteroatoms. The van der Waals surface area contributed by atoms with Crippen molar-refractivity contribution in [2.24, 2.45) is 17.8 Å². The molecule has 2 rings (SSSR count). The Morgan fingerprint density at radius 2 is 2.00 bits per heavy atom. The molecule has 1 aromatic rings. The highest BCUT2D eigenvalue weighted by atomic mass is 79.9. The van der Waals surface area contributed by atoms with E-state index in [1.165, 1.54) is 42.1 Å². The first kappa shape index (κ1) is 17.0. The number of rotatable bonds is 6. The molecule has 0 spiro atoms. The molecule has 1 saturated carbocycles. The summed E-state index contributed by atoms with van der Waals surface area (Å²) < 4.78 is 1.27. The number of hydrogen-bond donors (Lipinski definition) is 1. The minimum Gasteiger partial charge on any atom is -0.314 e. The molecule has 118 valence electrons. The zero-order chi connectivity index (χ0) is 15.2. The highest BCUT2D eigenvalue weighted by Gasteiger charge is 2.31. The Morgan fingerprint density at radius 1 is 1.24 bits per heavy atom. The second-order valence-corrected chi connectivity index (χ2v) is 7.79. The third-order valence-electron chi connectivity index (χ3n) is 5.06. The average molecular weight is 352 g/mol. The first-order chi connectivity index (χ1) is 10.1. The lowest BCUT2D eigenvalue weighted by Gasteiger charge is -2.38. The predicted octanol–water partition coefficient (Wildman–Crippen LogP) is 5.43. The predicted molar refractivity (Wildman–Crippen MR) is 95.6 cm³/mol. The monoisotopic (exact) mass is 351 g/mol. The van der Waals surface area contributed by atoms with Crippen LogP contribution in [-0.4, -0.2) is 12.6 Å². The SMILES string of the molecule is CCCNC1CCC(C(C)C)CC1Cc1ccccc1Br. The Hall–Kier alpha value is -0.340. The molecule has 0 aliphatic heterocycles. The first-order valence-corrected chi connectivity index (χ1v) is 9.37. The lowest BCUT2D eigenvalue weighted by atomic mass is 9.71. The van der Waals surface area contributed by atoms with Crippen LogP contribution in [0, 0.1) is 17.8 Å². The minimum atomic E-state index is 0.701. The molecule has 0 amide bonds. The molecule has 3 atom stereocenters. The maximum absolute atomic E-state index is 3.81. The van der Waals surface area contributed by atoms with Crippen molar-refractivity contribution in [3.8, 4) is 0 Å². The van der Waals surface area contributed by atoms with Crippen LogP contribution in [0.2, 0.25) is 0 Å². The molecule has 1 aromatic carbocycles. The quantitative estimate of drug-likeness (QED) is 0.720. The van der Waals surface area contributed by atoms with Crippen LogP contribution in [-0.2, 0) is 6.42 Å². The number of nitrogens with one attached hydrogen (secondary N) is 1. The minimum absolute atomic E-state index is 0.701. The fourth-order valence-electron chi connectivity index (χ4n) is 3.68. The van der Waals surface area contributed by atoms with Crippen LogP contribution in [0.25, 0.3) is 0 Å². The van der Waals surface area contributed by atoms with Crippen LogP contribution in [0.4, 0.5) is 0 Å². The summed E-state index contributed by atoms with van der Waals surface area (Å²) >= 11 is 3.72. The molecule has 1 N–H and O–H groups in total. The summed E-state index contributed by atoms with van der Waals surface area (Å²) in [6.07, 6.45) is 6.54. The Balaban J connectivity index is 2.07. The van der Waals surface area contributed by atoms with E-state index in [-0.39, 0.29) is 0 Å². The molecule has 3 unspecified atom stereocenters. The molecule has 0 saturated heterocycles. The van der Waals surface area contributed by atoms with Gasteiger partial charge in [0.15, 0.2) is 0 Å². The molecule has 0 bridgehead atoms. The Kier molecular flexibility index (Phi) is 6.75. The third-order valence-corrected chi connectivity index (χ3v) is 5.84. The lowest BCUT2D eigenvalue weighted by molar-refractivity contribution is 0.167. The van der Waals surface area contributed by atoms with Gasteiger partial charge < -0.3 is 5.32 Å². The van der Waals surface area contributed by atoms with Crippen molar-refractivity contribution < 1.29 is 0 Å². The Bertz CT molecular complexity index is 429. The van der Waals surface area contributed by atoms with E-state index in [4.69, 9.17) is 0 Å². The lowest BCUT2D eigenvalue weighted by Crippen LogP contribution is -2.42. The van der Waals surface area contributed by atoms with Gasteiger partial charge in [-0.2, -0.15) is 0 Å². The fourth-order valence-corrected chi connectivity index (χ4v) is 4.12. The van der Waals surface area contributed by atoms with Crippen LogP contribution in [0.5, 0.6) is 0 Å². The molecule has 21 heavy (non-hydrogen) atoms. The van der Waals surface area contributed by atoms with Crippen LogP contribution < -0.4 is 5.32 Å². The summed E-state index contributed by atoms with van der Waals surface area (Å²) in [5, 5.41) is 3.81. The molecule has 1 aliphatic rings. The van der Waals surface area contributed by atoms with E-state index in [1.807, 2.05) is 0 Å². The standard InChI is InChI=1S/C19H30BrN/c1-4-11-21-19-10-9-15(14(2)3)12-17(19)13-16-7-5-6-8-18(16)20/h5-8,14-15,17,19,21H,4,9-13H2,1-3H3. The average Bonchev–Trinajstić information content (AvgIpc) is 2.48. The van der Waals surface area contributed by atoms with E-state index in [0.717, 1.165) is 24.3 Å². The molecule has 0 aromatic heterocycles. The van der Waals surface area contributed by atoms with Crippen molar-refractivity contribution >= 4 is 15.9 Å². The van der Waals surface area contributed by atoms with Crippen molar-refractivity contribution in [2.75, 3.05) is 6.54 Å². The number of benzene rings is 1. The highest BCUT2D eigenvalue weighted by Crippen LogP contribution is 2.36. The van der Waals surface area contributed by atoms with Crippen molar-refractivity contribution in [2.45, 2.75) is 58.9 Å². The summed E-state index contributed by atoms with van der Waals surface area (Å²) in [5.74, 6) is 2.49. The Morgan fingerprint density at radius 3 is 2.67 bits per heavy atom. The Labute approximate surface area is 139 Å². The van der Waals surface area contributed by atoms with E-state index in [0.29, 0.717) is 6.04 Å². The third kappa shape index (κ3) is 4.82. The van der Waals surface area contributed by atoms with E-state index in [2.05, 4.69) is 66.3 Å². The smallest absolute Gasteiger partial charge is 0.0207 e. The fraction of sp³-hybridized carbons (Fsp3) is 0.684. The van der Waals surface area contributed by atoms with Crippen LogP contribution >= 0.6 is 15.9 Å². The number of hydrogen-bond acceptors (Lipinski definition) is 1. The van der Waals surface area contributed by atoms with Gasteiger partial charge in [-0.05, 0) is 68.0 Å². The zero-order valence-electron chi connectivity index (χ0n) is 13.7. The van der Waals surface area contributed by atoms with Crippen molar-refractivity contribution in [3.63, 3.8) is 0 Å². The van der Waals surface area contributed by atoms with E-state index >= 15 is 0 Å². The maximum atomic E-state index is 3.81. The first-order valence-electron chi connectivity index (χ1n) is 8.58. The van der Waals surface area contributed by atoms with Crippen LogP contribution in [0.3, 0.4) is 0 Å². The van der Waals surface area contributed by atoms with Gasteiger partial charge in [0, 0.05) is 10.5 Å². The van der Waals surface area contributed by atoms with E-state index in [1.54, 1.807) is 0 Å². The van der Waals surface area contributed by atoms with Gasteiger partial charge in [0.05, 0.1) is 0 Å². The van der Waals surface area contributed by atoms with Gasteiger partial charge in [0.25, 0.3) is 0 Å². The zero-order valence-corrected chi connectivity index (χ0v) is 15.3. The normalized spacial score (nSPS) is 26.2. The summed E-state index contributed by atoms with van der Waals surface area (Å²) in [6, 6.07) is 9.43. The molecule has 1 aliphatic carbocycles. The van der Waals surface area contributed by atoms with Crippen molar-refractivity contribution in [1.82, 2.24) is 5.32 Å². The molecule has 1 nitrogen and oxygen atoms in total. The highest BCUT2D eigenvalue weighted by molar-refractivity contribution is 9.10. The van der Waals surface area contributed by atoms with Gasteiger partial charge in [0.2, 0.25) is 0 Å². The van der Waals surface area contributed by atoms with Gasteiger partial charge >= 0.3 is 0 Å². The van der Waals surface area contributed by atoms with Gasteiger partial charge in [-0.3, -0.25) is 0 Å². The molecular weight excluding hydrogens is 322 g/mol. The van der Waals surface area contributed by atoms with E-state index in [9.17, 15) is 0 Å².